The van der Waals surface area contributed by atoms with Crippen LogP contribution in [0.4, 0.5) is 0 Å². The van der Waals surface area contributed by atoms with Gasteiger partial charge in [-0.3, -0.25) is 4.79 Å². The van der Waals surface area contributed by atoms with Gasteiger partial charge in [0, 0.05) is 22.0 Å². The Bertz CT molecular complexity index is 458. The van der Waals surface area contributed by atoms with E-state index in [1.165, 1.54) is 11.8 Å². The molecule has 3 nitrogen and oxygen atoms in total. The highest BCUT2D eigenvalue weighted by Gasteiger charge is 2.12. The third-order valence-electron chi connectivity index (χ3n) is 2.48. The van der Waals surface area contributed by atoms with Crippen LogP contribution < -0.4 is 5.32 Å². The summed E-state index contributed by atoms with van der Waals surface area (Å²) in [5.74, 6) is 0.125. The molecule has 1 aromatic rings. The second-order valence-corrected chi connectivity index (χ2v) is 6.90. The third kappa shape index (κ3) is 6.64. The van der Waals surface area contributed by atoms with Crippen molar-refractivity contribution in [1.82, 2.24) is 5.32 Å². The highest BCUT2D eigenvalue weighted by molar-refractivity contribution is 8.00. The Morgan fingerprint density at radius 1 is 1.40 bits per heavy atom. The number of nitrogens with one attached hydrogen (secondary N) is 1. The minimum atomic E-state index is -0.192. The molecule has 0 spiro atoms. The molecule has 0 saturated heterocycles. The second kappa shape index (κ2) is 7.91. The summed E-state index contributed by atoms with van der Waals surface area (Å²) in [6.45, 7) is 9.28. The first-order valence-corrected chi connectivity index (χ1v) is 8.00. The highest BCUT2D eigenvalue weighted by atomic mass is 35.5. The van der Waals surface area contributed by atoms with Crippen LogP contribution in [0.15, 0.2) is 23.1 Å². The monoisotopic (exact) mass is 315 g/mol. The van der Waals surface area contributed by atoms with Crippen molar-refractivity contribution in [2.45, 2.75) is 44.7 Å². The van der Waals surface area contributed by atoms with Crippen molar-refractivity contribution >= 4 is 29.3 Å². The van der Waals surface area contributed by atoms with Crippen molar-refractivity contribution in [3.05, 3.63) is 28.8 Å². The molecular formula is C15H22ClNO2S. The zero-order valence-electron chi connectivity index (χ0n) is 12.5. The number of hydrogen-bond donors (Lipinski definition) is 1. The number of ether oxygens (including phenoxy) is 1. The fraction of sp³-hybridized carbons (Fsp3) is 0.533. The summed E-state index contributed by atoms with van der Waals surface area (Å²) in [5.41, 5.74) is 1.13. The minimum Gasteiger partial charge on any atom is -0.465 e. The molecule has 0 bridgehead atoms. The van der Waals surface area contributed by atoms with Crippen molar-refractivity contribution in [3.8, 4) is 0 Å². The lowest BCUT2D eigenvalue weighted by Gasteiger charge is -2.21. The molecule has 0 aliphatic heterocycles. The Labute approximate surface area is 130 Å². The van der Waals surface area contributed by atoms with Crippen LogP contribution in [-0.4, -0.2) is 23.9 Å². The lowest BCUT2D eigenvalue weighted by atomic mass is 10.1. The fourth-order valence-corrected chi connectivity index (χ4v) is 2.56. The molecule has 0 fully saturated rings. The number of carbonyl (C=O) groups excluding carboxylic acids is 1. The number of hydrogen-bond acceptors (Lipinski definition) is 4. The molecule has 1 N–H and O–H groups in total. The van der Waals surface area contributed by atoms with Gasteiger partial charge >= 0.3 is 5.97 Å². The topological polar surface area (TPSA) is 38.3 Å². The maximum Gasteiger partial charge on any atom is 0.316 e. The van der Waals surface area contributed by atoms with Gasteiger partial charge in [0.05, 0.1) is 12.4 Å². The van der Waals surface area contributed by atoms with Crippen LogP contribution in [0.5, 0.6) is 0 Å². The van der Waals surface area contributed by atoms with Gasteiger partial charge in [0.15, 0.2) is 0 Å². The first kappa shape index (κ1) is 17.3. The minimum absolute atomic E-state index is 0.0331. The van der Waals surface area contributed by atoms with E-state index in [0.717, 1.165) is 17.0 Å². The quantitative estimate of drug-likeness (QED) is 0.638. The molecular weight excluding hydrogens is 294 g/mol. The van der Waals surface area contributed by atoms with Crippen LogP contribution >= 0.6 is 23.4 Å². The van der Waals surface area contributed by atoms with Gasteiger partial charge in [0.2, 0.25) is 0 Å². The average molecular weight is 316 g/mol. The molecule has 1 aromatic carbocycles. The lowest BCUT2D eigenvalue weighted by molar-refractivity contribution is -0.139. The summed E-state index contributed by atoms with van der Waals surface area (Å²) in [4.78, 5) is 12.5. The van der Waals surface area contributed by atoms with Gasteiger partial charge in [0.1, 0.15) is 0 Å². The molecule has 0 atom stereocenters. The van der Waals surface area contributed by atoms with E-state index in [2.05, 4.69) is 26.1 Å². The van der Waals surface area contributed by atoms with Crippen molar-refractivity contribution in [2.24, 2.45) is 0 Å². The van der Waals surface area contributed by atoms with E-state index in [4.69, 9.17) is 16.3 Å². The van der Waals surface area contributed by atoms with Crippen molar-refractivity contribution < 1.29 is 9.53 Å². The van der Waals surface area contributed by atoms with Crippen LogP contribution in [0.1, 0.15) is 33.3 Å². The average Bonchev–Trinajstić information content (AvgIpc) is 2.34. The van der Waals surface area contributed by atoms with Crippen LogP contribution in [0.2, 0.25) is 5.02 Å². The number of rotatable bonds is 6. The van der Waals surface area contributed by atoms with Crippen molar-refractivity contribution in [3.63, 3.8) is 0 Å². The summed E-state index contributed by atoms with van der Waals surface area (Å²) in [5, 5.41) is 4.14. The molecule has 5 heteroatoms. The van der Waals surface area contributed by atoms with E-state index in [0.29, 0.717) is 17.4 Å². The van der Waals surface area contributed by atoms with Crippen molar-refractivity contribution in [2.75, 3.05) is 12.4 Å². The van der Waals surface area contributed by atoms with E-state index in [1.807, 2.05) is 25.1 Å². The molecule has 0 heterocycles. The van der Waals surface area contributed by atoms with E-state index in [-0.39, 0.29) is 11.5 Å². The molecule has 0 aromatic heterocycles. The molecule has 0 saturated carbocycles. The van der Waals surface area contributed by atoms with Gasteiger partial charge in [-0.25, -0.2) is 0 Å². The third-order valence-corrected chi connectivity index (χ3v) is 3.81. The summed E-state index contributed by atoms with van der Waals surface area (Å²) >= 11 is 7.53. The summed E-state index contributed by atoms with van der Waals surface area (Å²) in [6.07, 6.45) is 0. The van der Waals surface area contributed by atoms with Gasteiger partial charge in [0.25, 0.3) is 0 Å². The number of benzene rings is 1. The Balaban J connectivity index is 2.72. The Morgan fingerprint density at radius 2 is 2.10 bits per heavy atom. The zero-order valence-corrected chi connectivity index (χ0v) is 14.0. The summed E-state index contributed by atoms with van der Waals surface area (Å²) < 4.78 is 4.94. The normalized spacial score (nSPS) is 11.4. The Morgan fingerprint density at radius 3 is 2.70 bits per heavy atom. The first-order chi connectivity index (χ1) is 9.31. The van der Waals surface area contributed by atoms with E-state index >= 15 is 0 Å². The summed E-state index contributed by atoms with van der Waals surface area (Å²) in [6, 6.07) is 5.73. The molecule has 1 rings (SSSR count). The molecule has 0 radical (unpaired) electrons. The molecule has 0 amide bonds. The van der Waals surface area contributed by atoms with Crippen LogP contribution in [0, 0.1) is 0 Å². The predicted molar refractivity (Wildman–Crippen MR) is 85.4 cm³/mol. The van der Waals surface area contributed by atoms with Gasteiger partial charge in [-0.15, -0.1) is 11.8 Å². The van der Waals surface area contributed by atoms with Gasteiger partial charge in [-0.2, -0.15) is 0 Å². The highest BCUT2D eigenvalue weighted by Crippen LogP contribution is 2.26. The first-order valence-electron chi connectivity index (χ1n) is 6.63. The number of esters is 1. The Kier molecular flexibility index (Phi) is 6.86. The SMILES string of the molecule is CCOC(=O)CSc1ccc(Cl)cc1CNC(C)(C)C. The molecule has 0 aliphatic carbocycles. The summed E-state index contributed by atoms with van der Waals surface area (Å²) in [7, 11) is 0. The van der Waals surface area contributed by atoms with Gasteiger partial charge in [-0.1, -0.05) is 11.6 Å². The molecule has 0 aliphatic rings. The standard InChI is InChI=1S/C15H22ClNO2S/c1-5-19-14(18)10-20-13-7-6-12(16)8-11(13)9-17-15(2,3)4/h6-8,17H,5,9-10H2,1-4H3. The Hall–Kier alpha value is -0.710. The van der Waals surface area contributed by atoms with Crippen molar-refractivity contribution in [1.29, 1.82) is 0 Å². The molecule has 0 unspecified atom stereocenters. The molecule has 20 heavy (non-hydrogen) atoms. The zero-order chi connectivity index (χ0) is 15.2. The van der Waals surface area contributed by atoms with Gasteiger partial charge < -0.3 is 10.1 Å². The van der Waals surface area contributed by atoms with E-state index < -0.39 is 0 Å². The smallest absolute Gasteiger partial charge is 0.316 e. The number of carbonyl (C=O) groups is 1. The van der Waals surface area contributed by atoms with Crippen LogP contribution in [0.3, 0.4) is 0 Å². The molecule has 112 valence electrons. The van der Waals surface area contributed by atoms with Crippen LogP contribution in [0.25, 0.3) is 0 Å². The predicted octanol–water partition coefficient (Wildman–Crippen LogP) is 3.88. The second-order valence-electron chi connectivity index (χ2n) is 5.45. The fourth-order valence-electron chi connectivity index (χ4n) is 1.53. The van der Waals surface area contributed by atoms with E-state index in [9.17, 15) is 4.79 Å². The van der Waals surface area contributed by atoms with Crippen LogP contribution in [-0.2, 0) is 16.1 Å². The maximum absolute atomic E-state index is 11.4. The largest absolute Gasteiger partial charge is 0.465 e. The van der Waals surface area contributed by atoms with E-state index in [1.54, 1.807) is 0 Å². The number of thioether (sulfide) groups is 1. The number of halogens is 1. The maximum atomic E-state index is 11.4. The lowest BCUT2D eigenvalue weighted by Crippen LogP contribution is -2.35. The van der Waals surface area contributed by atoms with Gasteiger partial charge in [-0.05, 0) is 51.5 Å².